The minimum atomic E-state index is 0. The molecule has 1 heterocycles. The lowest BCUT2D eigenvalue weighted by molar-refractivity contribution is -0.00000382. The highest BCUT2D eigenvalue weighted by Crippen LogP contribution is 2.45. The summed E-state index contributed by atoms with van der Waals surface area (Å²) in [6.07, 6.45) is 4.10. The van der Waals surface area contributed by atoms with Crippen molar-refractivity contribution in [3.8, 4) is 5.75 Å². The van der Waals surface area contributed by atoms with Crippen molar-refractivity contribution in [3.05, 3.63) is 12.0 Å². The first-order chi connectivity index (χ1) is 7.04. The van der Waals surface area contributed by atoms with Crippen LogP contribution in [0.5, 0.6) is 5.75 Å². The number of ether oxygens (including phenoxy) is 1. The smallest absolute Gasteiger partial charge is 0.273 e. The van der Waals surface area contributed by atoms with Crippen LogP contribution in [0.25, 0.3) is 0 Å². The number of halogens is 1. The zero-order chi connectivity index (χ0) is 11.1. The second kappa shape index (κ2) is 4.55. The molecule has 2 rings (SSSR count). The van der Waals surface area contributed by atoms with E-state index in [9.17, 15) is 0 Å². The van der Waals surface area contributed by atoms with Gasteiger partial charge in [-0.1, -0.05) is 0 Å². The average molecular weight is 244 g/mol. The van der Waals surface area contributed by atoms with E-state index in [1.807, 2.05) is 0 Å². The summed E-state index contributed by atoms with van der Waals surface area (Å²) < 4.78 is 6.12. The quantitative estimate of drug-likeness (QED) is 0.611. The first kappa shape index (κ1) is 13.2. The van der Waals surface area contributed by atoms with Crippen molar-refractivity contribution in [2.75, 3.05) is 28.3 Å². The summed E-state index contributed by atoms with van der Waals surface area (Å²) in [5.41, 5.74) is 1.08. The van der Waals surface area contributed by atoms with Gasteiger partial charge in [-0.2, -0.15) is 4.98 Å². The Labute approximate surface area is 103 Å². The molecule has 1 aromatic heterocycles. The molecule has 0 N–H and O–H groups in total. The molecule has 0 radical (unpaired) electrons. The van der Waals surface area contributed by atoms with Gasteiger partial charge in [-0.05, 0) is 12.8 Å². The molecule has 0 saturated heterocycles. The van der Waals surface area contributed by atoms with Gasteiger partial charge in [0.15, 0.2) is 0 Å². The summed E-state index contributed by atoms with van der Waals surface area (Å²) in [7, 11) is 7.95. The van der Waals surface area contributed by atoms with Crippen LogP contribution in [0, 0.1) is 0 Å². The summed E-state index contributed by atoms with van der Waals surface area (Å²) in [6.45, 7) is 0. The maximum atomic E-state index is 5.46. The molecule has 5 heteroatoms. The van der Waals surface area contributed by atoms with E-state index in [-0.39, 0.29) is 12.4 Å². The van der Waals surface area contributed by atoms with Gasteiger partial charge in [-0.25, -0.2) is 4.98 Å². The van der Waals surface area contributed by atoms with Gasteiger partial charge in [0, 0.05) is 5.92 Å². The first-order valence-corrected chi connectivity index (χ1v) is 5.25. The third-order valence-electron chi connectivity index (χ3n) is 2.62. The van der Waals surface area contributed by atoms with Crippen LogP contribution in [0.2, 0.25) is 0 Å². The first-order valence-electron chi connectivity index (χ1n) is 5.25. The molecule has 0 amide bonds. The molecule has 0 bridgehead atoms. The molecule has 1 aliphatic rings. The van der Waals surface area contributed by atoms with Gasteiger partial charge in [-0.3, -0.25) is 4.48 Å². The van der Waals surface area contributed by atoms with Crippen molar-refractivity contribution >= 4 is 5.82 Å². The second-order valence-electron chi connectivity index (χ2n) is 4.90. The third kappa shape index (κ3) is 2.44. The zero-order valence-corrected chi connectivity index (χ0v) is 11.0. The highest BCUT2D eigenvalue weighted by Gasteiger charge is 2.33. The summed E-state index contributed by atoms with van der Waals surface area (Å²) >= 11 is 0. The van der Waals surface area contributed by atoms with Crippen LogP contribution < -0.4 is 21.6 Å². The van der Waals surface area contributed by atoms with Crippen LogP contribution in [0.4, 0.5) is 5.82 Å². The van der Waals surface area contributed by atoms with Gasteiger partial charge < -0.3 is 17.1 Å². The highest BCUT2D eigenvalue weighted by atomic mass is 35.5. The summed E-state index contributed by atoms with van der Waals surface area (Å²) in [5.74, 6) is 2.41. The molecule has 0 spiro atoms. The molecule has 0 aromatic carbocycles. The van der Waals surface area contributed by atoms with E-state index in [1.165, 1.54) is 12.8 Å². The molecule has 0 unspecified atom stereocenters. The maximum Gasteiger partial charge on any atom is 0.273 e. The lowest BCUT2D eigenvalue weighted by atomic mass is 10.2. The van der Waals surface area contributed by atoms with Gasteiger partial charge in [0.2, 0.25) is 5.75 Å². The number of hydrogen-bond acceptors (Lipinski definition) is 3. The molecule has 1 saturated carbocycles. The predicted octanol–water partition coefficient (Wildman–Crippen LogP) is -1.44. The highest BCUT2D eigenvalue weighted by molar-refractivity contribution is 5.52. The fraction of sp³-hybridized carbons (Fsp3) is 0.636. The summed E-state index contributed by atoms with van der Waals surface area (Å²) in [6, 6.07) is 0. The van der Waals surface area contributed by atoms with Crippen LogP contribution in [-0.4, -0.2) is 38.2 Å². The summed E-state index contributed by atoms with van der Waals surface area (Å²) in [5, 5.41) is 0. The Morgan fingerprint density at radius 1 is 1.25 bits per heavy atom. The van der Waals surface area contributed by atoms with Crippen molar-refractivity contribution in [2.24, 2.45) is 0 Å². The van der Waals surface area contributed by atoms with Gasteiger partial charge >= 0.3 is 0 Å². The van der Waals surface area contributed by atoms with Crippen LogP contribution in [0.3, 0.4) is 0 Å². The predicted molar refractivity (Wildman–Crippen MR) is 60.1 cm³/mol. The van der Waals surface area contributed by atoms with Crippen molar-refractivity contribution < 1.29 is 17.1 Å². The van der Waals surface area contributed by atoms with Crippen LogP contribution in [0.1, 0.15) is 24.5 Å². The summed E-state index contributed by atoms with van der Waals surface area (Å²) in [4.78, 5) is 8.67. The number of quaternary nitrogens is 1. The number of methoxy groups -OCH3 is 1. The Kier molecular flexibility index (Phi) is 3.76. The van der Waals surface area contributed by atoms with Crippen LogP contribution in [-0.2, 0) is 0 Å². The number of nitrogens with zero attached hydrogens (tertiary/aromatic N) is 3. The number of rotatable bonds is 3. The fourth-order valence-corrected chi connectivity index (χ4v) is 1.70. The van der Waals surface area contributed by atoms with Crippen molar-refractivity contribution in [3.63, 3.8) is 0 Å². The number of hydrogen-bond donors (Lipinski definition) is 0. The lowest BCUT2D eigenvalue weighted by Crippen LogP contribution is -3.00. The zero-order valence-electron chi connectivity index (χ0n) is 10.2. The fourth-order valence-electron chi connectivity index (χ4n) is 1.70. The molecule has 1 aliphatic carbocycles. The molecule has 16 heavy (non-hydrogen) atoms. The average Bonchev–Trinajstić information content (AvgIpc) is 2.98. The Hall–Kier alpha value is -0.870. The standard InChI is InChI=1S/C11H18N3O.ClH/c1-14(2,3)11-10(15-4)9(8-5-6-8)12-7-13-11;/h7-8H,5-6H2,1-4H3;1H/q+1;/p-1. The van der Waals surface area contributed by atoms with Crippen molar-refractivity contribution in [1.29, 1.82) is 0 Å². The molecule has 0 aliphatic heterocycles. The van der Waals surface area contributed by atoms with Crippen LogP contribution in [0.15, 0.2) is 6.33 Å². The monoisotopic (exact) mass is 243 g/mol. The lowest BCUT2D eigenvalue weighted by Gasteiger charge is -2.24. The van der Waals surface area contributed by atoms with Gasteiger partial charge in [0.25, 0.3) is 5.82 Å². The molecular formula is C11H18ClN3O. The second-order valence-corrected chi connectivity index (χ2v) is 4.90. The maximum absolute atomic E-state index is 5.46. The van der Waals surface area contributed by atoms with Crippen molar-refractivity contribution in [2.45, 2.75) is 18.8 Å². The van der Waals surface area contributed by atoms with E-state index in [0.717, 1.165) is 17.3 Å². The van der Waals surface area contributed by atoms with Crippen molar-refractivity contribution in [1.82, 2.24) is 14.5 Å². The van der Waals surface area contributed by atoms with Crippen LogP contribution >= 0.6 is 0 Å². The van der Waals surface area contributed by atoms with E-state index in [2.05, 4.69) is 31.1 Å². The molecule has 90 valence electrons. The van der Waals surface area contributed by atoms with E-state index in [4.69, 9.17) is 4.74 Å². The Bertz CT molecular complexity index is 372. The molecule has 1 aromatic rings. The molecule has 0 atom stereocenters. The van der Waals surface area contributed by atoms with Gasteiger partial charge in [-0.15, -0.1) is 0 Å². The largest absolute Gasteiger partial charge is 1.00 e. The van der Waals surface area contributed by atoms with Gasteiger partial charge in [0.1, 0.15) is 6.33 Å². The van der Waals surface area contributed by atoms with E-state index >= 15 is 0 Å². The minimum Gasteiger partial charge on any atom is -1.00 e. The number of aromatic nitrogens is 2. The molecule has 1 fully saturated rings. The van der Waals surface area contributed by atoms with Gasteiger partial charge in [0.05, 0.1) is 33.9 Å². The normalized spacial score (nSPS) is 15.5. The third-order valence-corrected chi connectivity index (χ3v) is 2.62. The minimum absolute atomic E-state index is 0. The Morgan fingerprint density at radius 2 is 1.88 bits per heavy atom. The SMILES string of the molecule is COc1c(C2CC2)ncnc1[N+](C)(C)C.[Cl-]. The van der Waals surface area contributed by atoms with E-state index in [1.54, 1.807) is 13.4 Å². The Balaban J connectivity index is 0.00000128. The topological polar surface area (TPSA) is 35.0 Å². The molecular weight excluding hydrogens is 226 g/mol. The Morgan fingerprint density at radius 3 is 2.31 bits per heavy atom. The molecule has 4 nitrogen and oxygen atoms in total. The van der Waals surface area contributed by atoms with E-state index < -0.39 is 0 Å². The van der Waals surface area contributed by atoms with E-state index in [0.29, 0.717) is 10.4 Å².